The molecule has 1 N–H and O–H groups in total. The average molecular weight is 231 g/mol. The number of rotatable bonds is 4. The largest absolute Gasteiger partial charge is 0.241 e. The fraction of sp³-hybridized carbons (Fsp3) is 0.333. The predicted octanol–water partition coefficient (Wildman–Crippen LogP) is 1.83. The summed E-state index contributed by atoms with van der Waals surface area (Å²) in [7, 11) is -3.34. The van der Waals surface area contributed by atoms with Gasteiger partial charge in [0.2, 0.25) is 10.0 Å². The Bertz CT molecular complexity index is 432. The molecule has 78 valence electrons. The van der Waals surface area contributed by atoms with Gasteiger partial charge >= 0.3 is 0 Å². The van der Waals surface area contributed by atoms with Crippen molar-refractivity contribution >= 4 is 21.4 Å². The average Bonchev–Trinajstić information content (AvgIpc) is 2.42. The van der Waals surface area contributed by atoms with E-state index in [4.69, 9.17) is 0 Å². The van der Waals surface area contributed by atoms with Gasteiger partial charge < -0.3 is 0 Å². The molecule has 1 heterocycles. The van der Waals surface area contributed by atoms with Crippen molar-refractivity contribution in [1.82, 2.24) is 4.72 Å². The van der Waals surface area contributed by atoms with Crippen LogP contribution in [0, 0.1) is 13.8 Å². The van der Waals surface area contributed by atoms with E-state index < -0.39 is 10.0 Å². The maximum atomic E-state index is 11.7. The van der Waals surface area contributed by atoms with Crippen molar-refractivity contribution in [3.63, 3.8) is 0 Å². The second kappa shape index (κ2) is 4.25. The quantitative estimate of drug-likeness (QED) is 0.804. The number of hydrogen-bond donors (Lipinski definition) is 1. The van der Waals surface area contributed by atoms with Gasteiger partial charge in [-0.2, -0.15) is 0 Å². The zero-order chi connectivity index (χ0) is 10.8. The molecule has 0 amide bonds. The van der Waals surface area contributed by atoms with Gasteiger partial charge in [-0.15, -0.1) is 17.9 Å². The van der Waals surface area contributed by atoms with Gasteiger partial charge in [-0.25, -0.2) is 13.1 Å². The lowest BCUT2D eigenvalue weighted by atomic mass is 10.4. The van der Waals surface area contributed by atoms with Gasteiger partial charge in [0.1, 0.15) is 0 Å². The molecule has 0 spiro atoms. The summed E-state index contributed by atoms with van der Waals surface area (Å²) >= 11 is 1.48. The van der Waals surface area contributed by atoms with Gasteiger partial charge in [0, 0.05) is 16.3 Å². The van der Waals surface area contributed by atoms with E-state index in [-0.39, 0.29) is 6.54 Å². The molecule has 14 heavy (non-hydrogen) atoms. The van der Waals surface area contributed by atoms with E-state index in [1.165, 1.54) is 17.4 Å². The van der Waals surface area contributed by atoms with Crippen molar-refractivity contribution in [3.05, 3.63) is 28.5 Å². The van der Waals surface area contributed by atoms with E-state index in [0.717, 1.165) is 9.75 Å². The molecule has 0 aromatic carbocycles. The Morgan fingerprint density at radius 2 is 2.21 bits per heavy atom. The van der Waals surface area contributed by atoms with Gasteiger partial charge in [0.05, 0.1) is 4.90 Å². The fourth-order valence-corrected chi connectivity index (χ4v) is 3.67. The van der Waals surface area contributed by atoms with E-state index in [2.05, 4.69) is 11.3 Å². The molecule has 0 saturated heterocycles. The maximum Gasteiger partial charge on any atom is 0.241 e. The molecule has 0 fully saturated rings. The predicted molar refractivity (Wildman–Crippen MR) is 59.2 cm³/mol. The van der Waals surface area contributed by atoms with E-state index in [0.29, 0.717) is 4.90 Å². The highest BCUT2D eigenvalue weighted by Crippen LogP contribution is 2.24. The highest BCUT2D eigenvalue weighted by atomic mass is 32.2. The van der Waals surface area contributed by atoms with Crippen LogP contribution in [-0.2, 0) is 10.0 Å². The lowest BCUT2D eigenvalue weighted by Crippen LogP contribution is -2.23. The lowest BCUT2D eigenvalue weighted by Gasteiger charge is -2.02. The summed E-state index contributed by atoms with van der Waals surface area (Å²) < 4.78 is 25.8. The summed E-state index contributed by atoms with van der Waals surface area (Å²) in [5.74, 6) is 0. The summed E-state index contributed by atoms with van der Waals surface area (Å²) in [6, 6.07) is 1.69. The molecule has 0 saturated carbocycles. The Morgan fingerprint density at radius 1 is 1.57 bits per heavy atom. The third-order valence-corrected chi connectivity index (χ3v) is 4.35. The van der Waals surface area contributed by atoms with Gasteiger partial charge in [-0.3, -0.25) is 0 Å². The first-order valence-electron chi connectivity index (χ1n) is 4.15. The highest BCUT2D eigenvalue weighted by molar-refractivity contribution is 7.89. The Balaban J connectivity index is 3.03. The number of hydrogen-bond acceptors (Lipinski definition) is 3. The minimum Gasteiger partial charge on any atom is -0.207 e. The third-order valence-electron chi connectivity index (χ3n) is 1.70. The van der Waals surface area contributed by atoms with Crippen LogP contribution in [0.1, 0.15) is 9.75 Å². The summed E-state index contributed by atoms with van der Waals surface area (Å²) in [6.07, 6.45) is 1.52. The zero-order valence-electron chi connectivity index (χ0n) is 8.20. The van der Waals surface area contributed by atoms with Crippen LogP contribution >= 0.6 is 11.3 Å². The molecule has 1 aromatic heterocycles. The molecular weight excluding hydrogens is 218 g/mol. The van der Waals surface area contributed by atoms with Gasteiger partial charge in [0.25, 0.3) is 0 Å². The normalized spacial score (nSPS) is 11.6. The van der Waals surface area contributed by atoms with Crippen LogP contribution in [0.25, 0.3) is 0 Å². The van der Waals surface area contributed by atoms with Crippen LogP contribution in [0.3, 0.4) is 0 Å². The van der Waals surface area contributed by atoms with Crippen LogP contribution in [-0.4, -0.2) is 15.0 Å². The second-order valence-corrected chi connectivity index (χ2v) is 6.11. The van der Waals surface area contributed by atoms with E-state index in [1.54, 1.807) is 13.0 Å². The van der Waals surface area contributed by atoms with Crippen LogP contribution < -0.4 is 4.72 Å². The van der Waals surface area contributed by atoms with E-state index in [9.17, 15) is 8.42 Å². The molecule has 0 atom stereocenters. The molecule has 3 nitrogen and oxygen atoms in total. The summed E-state index contributed by atoms with van der Waals surface area (Å²) in [4.78, 5) is 2.20. The van der Waals surface area contributed by atoms with Gasteiger partial charge in [-0.1, -0.05) is 6.08 Å². The van der Waals surface area contributed by atoms with Crippen molar-refractivity contribution in [2.75, 3.05) is 6.54 Å². The molecule has 5 heteroatoms. The third kappa shape index (κ3) is 2.43. The fourth-order valence-electron chi connectivity index (χ4n) is 1.12. The van der Waals surface area contributed by atoms with E-state index in [1.807, 2.05) is 6.92 Å². The van der Waals surface area contributed by atoms with Crippen LogP contribution in [0.2, 0.25) is 0 Å². The van der Waals surface area contributed by atoms with Crippen LogP contribution in [0.4, 0.5) is 0 Å². The Morgan fingerprint density at radius 3 is 2.64 bits per heavy atom. The number of nitrogens with one attached hydrogen (secondary N) is 1. The molecule has 0 aliphatic rings. The minimum atomic E-state index is -3.34. The second-order valence-electron chi connectivity index (χ2n) is 2.92. The van der Waals surface area contributed by atoms with Crippen LogP contribution in [0.15, 0.2) is 23.6 Å². The van der Waals surface area contributed by atoms with Crippen LogP contribution in [0.5, 0.6) is 0 Å². The molecule has 0 unspecified atom stereocenters. The first-order valence-corrected chi connectivity index (χ1v) is 6.45. The molecule has 1 aromatic rings. The topological polar surface area (TPSA) is 46.2 Å². The Kier molecular flexibility index (Phi) is 3.47. The Hall–Kier alpha value is -0.650. The molecule has 0 aliphatic heterocycles. The number of thiophene rings is 1. The standard InChI is InChI=1S/C9H13NO2S2/c1-4-5-10-14(11,12)9-6-7(2)13-8(9)3/h4,6,10H,1,5H2,2-3H3. The molecule has 0 bridgehead atoms. The SMILES string of the molecule is C=CCNS(=O)(=O)c1cc(C)sc1C. The smallest absolute Gasteiger partial charge is 0.207 e. The first-order chi connectivity index (χ1) is 6.47. The number of sulfonamides is 1. The van der Waals surface area contributed by atoms with Crippen molar-refractivity contribution in [2.24, 2.45) is 0 Å². The monoisotopic (exact) mass is 231 g/mol. The van der Waals surface area contributed by atoms with Crippen molar-refractivity contribution in [1.29, 1.82) is 0 Å². The van der Waals surface area contributed by atoms with Crippen molar-refractivity contribution in [2.45, 2.75) is 18.7 Å². The minimum absolute atomic E-state index is 0.261. The summed E-state index contributed by atoms with van der Waals surface area (Å²) in [5.41, 5.74) is 0. The maximum absolute atomic E-state index is 11.7. The summed E-state index contributed by atoms with van der Waals surface area (Å²) in [5, 5.41) is 0. The molecule has 0 radical (unpaired) electrons. The molecule has 0 aliphatic carbocycles. The Labute approximate surface area is 88.5 Å². The highest BCUT2D eigenvalue weighted by Gasteiger charge is 2.17. The first kappa shape index (κ1) is 11.4. The van der Waals surface area contributed by atoms with Crippen molar-refractivity contribution in [3.8, 4) is 0 Å². The lowest BCUT2D eigenvalue weighted by molar-refractivity contribution is 0.585. The summed E-state index contributed by atoms with van der Waals surface area (Å²) in [6.45, 7) is 7.42. The van der Waals surface area contributed by atoms with Gasteiger partial charge in [0.15, 0.2) is 0 Å². The molecular formula is C9H13NO2S2. The zero-order valence-corrected chi connectivity index (χ0v) is 9.83. The van der Waals surface area contributed by atoms with Crippen molar-refractivity contribution < 1.29 is 8.42 Å². The molecule has 1 rings (SSSR count). The number of aryl methyl sites for hydroxylation is 2. The van der Waals surface area contributed by atoms with E-state index >= 15 is 0 Å². The van der Waals surface area contributed by atoms with Gasteiger partial charge in [-0.05, 0) is 19.9 Å².